The second-order valence-corrected chi connectivity index (χ2v) is 4.67. The van der Waals surface area contributed by atoms with Crippen LogP contribution in [0.3, 0.4) is 0 Å². The van der Waals surface area contributed by atoms with E-state index in [1.165, 1.54) is 20.4 Å². The maximum absolute atomic E-state index is 11.1. The third-order valence-corrected chi connectivity index (χ3v) is 3.14. The van der Waals surface area contributed by atoms with E-state index < -0.39 is 5.56 Å². The van der Waals surface area contributed by atoms with Crippen molar-refractivity contribution in [3.8, 4) is 11.5 Å². The minimum Gasteiger partial charge on any atom is -0.494 e. The first-order chi connectivity index (χ1) is 10.6. The van der Waals surface area contributed by atoms with E-state index in [0.717, 1.165) is 6.20 Å². The number of methoxy groups -OCH3 is 2. The van der Waals surface area contributed by atoms with Gasteiger partial charge < -0.3 is 9.47 Å². The first-order valence-electron chi connectivity index (χ1n) is 5.88. The van der Waals surface area contributed by atoms with Crippen molar-refractivity contribution in [3.05, 3.63) is 38.2 Å². The van der Waals surface area contributed by atoms with Gasteiger partial charge in [0.15, 0.2) is 5.75 Å². The zero-order valence-corrected chi connectivity index (χ0v) is 13.1. The molecule has 0 amide bonds. The van der Waals surface area contributed by atoms with Gasteiger partial charge in [0.05, 0.1) is 25.5 Å². The van der Waals surface area contributed by atoms with Gasteiger partial charge in [0.1, 0.15) is 17.0 Å². The normalized spacial score (nSPS) is 10.7. The molecule has 0 saturated carbocycles. The van der Waals surface area contributed by atoms with Gasteiger partial charge in [-0.1, -0.05) is 23.2 Å². The van der Waals surface area contributed by atoms with E-state index in [4.69, 9.17) is 32.7 Å². The minimum absolute atomic E-state index is 0.0911. The van der Waals surface area contributed by atoms with Crippen LogP contribution in [0.1, 0.15) is 5.56 Å². The highest BCUT2D eigenvalue weighted by atomic mass is 35.5. The molecule has 1 aromatic carbocycles. The maximum Gasteiger partial charge on any atom is 0.271 e. The van der Waals surface area contributed by atoms with Crippen LogP contribution >= 0.6 is 23.2 Å². The average molecular weight is 344 g/mol. The molecule has 10 heteroatoms. The van der Waals surface area contributed by atoms with Crippen molar-refractivity contribution in [2.24, 2.45) is 5.10 Å². The molecule has 0 bridgehead atoms. The largest absolute Gasteiger partial charge is 0.494 e. The topological polar surface area (TPSA) is 101 Å². The molecule has 0 unspecified atom stereocenters. The van der Waals surface area contributed by atoms with E-state index in [0.29, 0.717) is 22.1 Å². The number of anilines is 1. The van der Waals surface area contributed by atoms with E-state index in [9.17, 15) is 4.79 Å². The van der Waals surface area contributed by atoms with Gasteiger partial charge in [0, 0.05) is 5.56 Å². The van der Waals surface area contributed by atoms with Gasteiger partial charge in [-0.05, 0) is 6.07 Å². The Hall–Kier alpha value is -2.32. The van der Waals surface area contributed by atoms with Crippen molar-refractivity contribution in [2.75, 3.05) is 19.6 Å². The lowest BCUT2D eigenvalue weighted by molar-refractivity contribution is 0.394. The van der Waals surface area contributed by atoms with Crippen molar-refractivity contribution < 1.29 is 9.47 Å². The van der Waals surface area contributed by atoms with Crippen LogP contribution in [0.5, 0.6) is 11.5 Å². The number of H-pyrrole nitrogens is 1. The molecule has 2 N–H and O–H groups in total. The first-order valence-corrected chi connectivity index (χ1v) is 6.63. The summed E-state index contributed by atoms with van der Waals surface area (Å²) < 4.78 is 10.3. The number of benzene rings is 1. The maximum atomic E-state index is 11.1. The number of hydrazone groups is 1. The number of ether oxygens (including phenoxy) is 2. The third-order valence-electron chi connectivity index (χ3n) is 2.52. The highest BCUT2D eigenvalue weighted by Crippen LogP contribution is 2.41. The molecule has 0 saturated heterocycles. The Kier molecular flexibility index (Phi) is 5.18. The van der Waals surface area contributed by atoms with Crippen LogP contribution in [-0.4, -0.2) is 35.6 Å². The smallest absolute Gasteiger partial charge is 0.271 e. The predicted octanol–water partition coefficient (Wildman–Crippen LogP) is 1.93. The molecule has 0 aliphatic rings. The molecule has 0 atom stereocenters. The summed E-state index contributed by atoms with van der Waals surface area (Å²) in [5.41, 5.74) is 2.63. The molecule has 1 heterocycles. The Morgan fingerprint density at radius 3 is 2.68 bits per heavy atom. The highest BCUT2D eigenvalue weighted by molar-refractivity contribution is 6.38. The lowest BCUT2D eigenvalue weighted by Crippen LogP contribution is -2.10. The second kappa shape index (κ2) is 7.10. The second-order valence-electron chi connectivity index (χ2n) is 3.88. The van der Waals surface area contributed by atoms with Gasteiger partial charge in [-0.3, -0.25) is 9.78 Å². The standard InChI is InChI=1S/C12H11Cl2N5O3/c1-21-10-6(3-7(13)11(22-2)9(10)14)4-15-18-12-17-8(20)5-16-19-12/h3-5H,1-2H3,(H2,17,18,19,20)/b15-4+. The molecule has 2 aromatic rings. The van der Waals surface area contributed by atoms with E-state index in [-0.39, 0.29) is 11.0 Å². The lowest BCUT2D eigenvalue weighted by Gasteiger charge is -2.12. The quantitative estimate of drug-likeness (QED) is 0.635. The Balaban J connectivity index is 2.29. The number of hydrogen-bond acceptors (Lipinski definition) is 7. The number of rotatable bonds is 5. The van der Waals surface area contributed by atoms with E-state index in [2.05, 4.69) is 25.7 Å². The fraction of sp³-hybridized carbons (Fsp3) is 0.167. The van der Waals surface area contributed by atoms with Crippen LogP contribution in [0.2, 0.25) is 10.0 Å². The summed E-state index contributed by atoms with van der Waals surface area (Å²) in [6.07, 6.45) is 2.45. The number of hydrogen-bond donors (Lipinski definition) is 2. The highest BCUT2D eigenvalue weighted by Gasteiger charge is 2.16. The van der Waals surface area contributed by atoms with Crippen molar-refractivity contribution >= 4 is 35.4 Å². The Bertz CT molecular complexity index is 763. The molecule has 0 aliphatic heterocycles. The van der Waals surface area contributed by atoms with Crippen LogP contribution in [-0.2, 0) is 0 Å². The van der Waals surface area contributed by atoms with Crippen LogP contribution < -0.4 is 20.5 Å². The van der Waals surface area contributed by atoms with Gasteiger partial charge >= 0.3 is 0 Å². The van der Waals surface area contributed by atoms with Gasteiger partial charge in [-0.2, -0.15) is 5.10 Å². The summed E-state index contributed by atoms with van der Waals surface area (Å²) >= 11 is 12.2. The monoisotopic (exact) mass is 343 g/mol. The molecule has 8 nitrogen and oxygen atoms in total. The fourth-order valence-corrected chi connectivity index (χ4v) is 2.32. The Morgan fingerprint density at radius 1 is 1.32 bits per heavy atom. The Labute approximate surface area is 135 Å². The van der Waals surface area contributed by atoms with Crippen LogP contribution in [0.15, 0.2) is 22.2 Å². The van der Waals surface area contributed by atoms with Crippen LogP contribution in [0.4, 0.5) is 5.95 Å². The van der Waals surface area contributed by atoms with Crippen molar-refractivity contribution in [1.82, 2.24) is 15.2 Å². The lowest BCUT2D eigenvalue weighted by atomic mass is 10.2. The van der Waals surface area contributed by atoms with Crippen molar-refractivity contribution in [2.45, 2.75) is 0 Å². The average Bonchev–Trinajstić information content (AvgIpc) is 2.48. The van der Waals surface area contributed by atoms with E-state index in [1.54, 1.807) is 6.07 Å². The number of nitrogens with one attached hydrogen (secondary N) is 2. The first kappa shape index (κ1) is 16.1. The summed E-state index contributed by atoms with van der Waals surface area (Å²) in [5, 5.41) is 11.6. The minimum atomic E-state index is -0.402. The summed E-state index contributed by atoms with van der Waals surface area (Å²) in [5.74, 6) is 0.748. The molecule has 1 aromatic heterocycles. The molecule has 0 spiro atoms. The van der Waals surface area contributed by atoms with Gasteiger partial charge in [0.25, 0.3) is 5.56 Å². The number of nitrogens with zero attached hydrogens (tertiary/aromatic N) is 3. The van der Waals surface area contributed by atoms with Gasteiger partial charge in [-0.25, -0.2) is 5.43 Å². The number of aromatic nitrogens is 3. The van der Waals surface area contributed by atoms with Crippen molar-refractivity contribution in [3.63, 3.8) is 0 Å². The van der Waals surface area contributed by atoms with E-state index >= 15 is 0 Å². The summed E-state index contributed by atoms with van der Waals surface area (Å²) in [7, 11) is 2.91. The molecule has 116 valence electrons. The fourth-order valence-electron chi connectivity index (χ4n) is 1.62. The van der Waals surface area contributed by atoms with Crippen molar-refractivity contribution in [1.29, 1.82) is 0 Å². The van der Waals surface area contributed by atoms with E-state index in [1.807, 2.05) is 0 Å². The Morgan fingerprint density at radius 2 is 2.05 bits per heavy atom. The zero-order chi connectivity index (χ0) is 16.1. The number of halogens is 2. The molecule has 0 aliphatic carbocycles. The molecule has 22 heavy (non-hydrogen) atoms. The molecular formula is C12H11Cl2N5O3. The SMILES string of the molecule is COc1c(Cl)cc(/C=N/Nc2nncc(=O)[nH]2)c(OC)c1Cl. The molecule has 0 radical (unpaired) electrons. The molecule has 2 rings (SSSR count). The summed E-state index contributed by atoms with van der Waals surface area (Å²) in [6, 6.07) is 1.58. The molecular weight excluding hydrogens is 333 g/mol. The summed E-state index contributed by atoms with van der Waals surface area (Å²) in [6.45, 7) is 0. The predicted molar refractivity (Wildman–Crippen MR) is 83.4 cm³/mol. The van der Waals surface area contributed by atoms with Crippen LogP contribution in [0.25, 0.3) is 0 Å². The third kappa shape index (κ3) is 3.46. The number of aromatic amines is 1. The van der Waals surface area contributed by atoms with Gasteiger partial charge in [0.2, 0.25) is 5.95 Å². The molecule has 0 fully saturated rings. The zero-order valence-electron chi connectivity index (χ0n) is 11.6. The van der Waals surface area contributed by atoms with Gasteiger partial charge in [-0.15, -0.1) is 10.2 Å². The van der Waals surface area contributed by atoms with Crippen LogP contribution in [0, 0.1) is 0 Å². The summed E-state index contributed by atoms with van der Waals surface area (Å²) in [4.78, 5) is 13.5.